The molecule has 0 aromatic carbocycles. The third-order valence-electron chi connectivity index (χ3n) is 1.72. The van der Waals surface area contributed by atoms with Crippen LogP contribution in [-0.2, 0) is 4.74 Å². The van der Waals surface area contributed by atoms with Crippen molar-refractivity contribution in [1.82, 2.24) is 5.32 Å². The lowest BCUT2D eigenvalue weighted by molar-refractivity contribution is -0.0372. The molecule has 0 saturated heterocycles. The number of hydrogen-bond donors (Lipinski definition) is 4. The topological polar surface area (TPSA) is 99.0 Å². The largest absolute Gasteiger partial charge is 0.449 e. The second kappa shape index (κ2) is 5.74. The van der Waals surface area contributed by atoms with Gasteiger partial charge in [0.2, 0.25) is 0 Å². The van der Waals surface area contributed by atoms with Gasteiger partial charge < -0.3 is 25.4 Å². The molecule has 0 aromatic heterocycles. The molecule has 0 atom stereocenters. The fourth-order valence-electron chi connectivity index (χ4n) is 0.578. The zero-order valence-electron chi connectivity index (χ0n) is 7.49. The van der Waals surface area contributed by atoms with E-state index in [0.717, 1.165) is 0 Å². The van der Waals surface area contributed by atoms with Crippen LogP contribution in [0.25, 0.3) is 0 Å². The molecule has 13 heavy (non-hydrogen) atoms. The van der Waals surface area contributed by atoms with E-state index in [4.69, 9.17) is 15.3 Å². The summed E-state index contributed by atoms with van der Waals surface area (Å²) in [6.07, 6.45) is -0.667. The predicted octanol–water partition coefficient (Wildman–Crippen LogP) is -1.69. The van der Waals surface area contributed by atoms with Crippen molar-refractivity contribution >= 4 is 6.09 Å². The SMILES string of the molecule is CNC(=O)OCC(CO)(CO)CO. The van der Waals surface area contributed by atoms with E-state index < -0.39 is 31.3 Å². The standard InChI is InChI=1S/C7H15NO5/c1-8-6(12)13-5-7(2-9,3-10)4-11/h9-11H,2-5H2,1H3,(H,8,12). The van der Waals surface area contributed by atoms with Crippen LogP contribution in [-0.4, -0.2) is 54.9 Å². The first-order valence-corrected chi connectivity index (χ1v) is 3.81. The average molecular weight is 193 g/mol. The molecule has 6 heteroatoms. The minimum Gasteiger partial charge on any atom is -0.449 e. The van der Waals surface area contributed by atoms with Crippen molar-refractivity contribution in [2.45, 2.75) is 0 Å². The van der Waals surface area contributed by atoms with Crippen molar-refractivity contribution in [2.24, 2.45) is 5.41 Å². The van der Waals surface area contributed by atoms with Crippen molar-refractivity contribution in [2.75, 3.05) is 33.5 Å². The fraction of sp³-hybridized carbons (Fsp3) is 0.857. The normalized spacial score (nSPS) is 11.1. The summed E-state index contributed by atoms with van der Waals surface area (Å²) in [6, 6.07) is 0. The molecular weight excluding hydrogens is 178 g/mol. The van der Waals surface area contributed by atoms with E-state index in [9.17, 15) is 4.79 Å². The van der Waals surface area contributed by atoms with Gasteiger partial charge in [0.1, 0.15) is 6.61 Å². The number of carbonyl (C=O) groups excluding carboxylic acids is 1. The molecule has 6 nitrogen and oxygen atoms in total. The van der Waals surface area contributed by atoms with Gasteiger partial charge in [0.15, 0.2) is 0 Å². The molecule has 0 unspecified atom stereocenters. The highest BCUT2D eigenvalue weighted by Gasteiger charge is 2.29. The van der Waals surface area contributed by atoms with Crippen LogP contribution in [0, 0.1) is 5.41 Å². The van der Waals surface area contributed by atoms with Crippen molar-refractivity contribution in [1.29, 1.82) is 0 Å². The molecule has 0 aliphatic rings. The number of ether oxygens (including phenoxy) is 1. The minimum atomic E-state index is -1.16. The number of aliphatic hydroxyl groups excluding tert-OH is 3. The molecule has 0 spiro atoms. The van der Waals surface area contributed by atoms with Crippen LogP contribution in [0.5, 0.6) is 0 Å². The van der Waals surface area contributed by atoms with Gasteiger partial charge in [-0.25, -0.2) is 4.79 Å². The number of aliphatic hydroxyl groups is 3. The van der Waals surface area contributed by atoms with E-state index in [1.165, 1.54) is 7.05 Å². The highest BCUT2D eigenvalue weighted by molar-refractivity contribution is 5.66. The Hall–Kier alpha value is -0.850. The van der Waals surface area contributed by atoms with Crippen molar-refractivity contribution in [3.63, 3.8) is 0 Å². The van der Waals surface area contributed by atoms with Gasteiger partial charge in [-0.05, 0) is 0 Å². The first-order chi connectivity index (χ1) is 6.14. The number of hydrogen-bond acceptors (Lipinski definition) is 5. The molecule has 0 radical (unpaired) electrons. The van der Waals surface area contributed by atoms with Gasteiger partial charge in [-0.3, -0.25) is 0 Å². The molecule has 0 fully saturated rings. The van der Waals surface area contributed by atoms with E-state index in [-0.39, 0.29) is 6.61 Å². The molecule has 0 bridgehead atoms. The molecule has 0 aliphatic carbocycles. The molecule has 0 saturated carbocycles. The minimum absolute atomic E-state index is 0.226. The van der Waals surface area contributed by atoms with Gasteiger partial charge in [-0.15, -0.1) is 0 Å². The highest BCUT2D eigenvalue weighted by atomic mass is 16.5. The van der Waals surface area contributed by atoms with Crippen LogP contribution in [0.4, 0.5) is 4.79 Å². The smallest absolute Gasteiger partial charge is 0.406 e. The second-order valence-corrected chi connectivity index (χ2v) is 2.80. The summed E-state index contributed by atoms with van der Waals surface area (Å²) in [6.45, 7) is -1.57. The third-order valence-corrected chi connectivity index (χ3v) is 1.72. The lowest BCUT2D eigenvalue weighted by Gasteiger charge is -2.26. The summed E-state index contributed by atoms with van der Waals surface area (Å²) in [7, 11) is 1.39. The maximum atomic E-state index is 10.6. The van der Waals surface area contributed by atoms with Gasteiger partial charge in [0.05, 0.1) is 25.2 Å². The Kier molecular flexibility index (Phi) is 5.36. The van der Waals surface area contributed by atoms with Crippen molar-refractivity contribution in [3.8, 4) is 0 Å². The summed E-state index contributed by atoms with van der Waals surface area (Å²) in [5.41, 5.74) is -1.16. The van der Waals surface area contributed by atoms with Crippen LogP contribution in [0.3, 0.4) is 0 Å². The Morgan fingerprint density at radius 1 is 1.31 bits per heavy atom. The molecule has 1 amide bonds. The maximum Gasteiger partial charge on any atom is 0.406 e. The fourth-order valence-corrected chi connectivity index (χ4v) is 0.578. The maximum absolute atomic E-state index is 10.6. The molecule has 4 N–H and O–H groups in total. The van der Waals surface area contributed by atoms with E-state index in [2.05, 4.69) is 10.1 Å². The van der Waals surface area contributed by atoms with Gasteiger partial charge in [-0.2, -0.15) is 0 Å². The number of amides is 1. The van der Waals surface area contributed by atoms with Gasteiger partial charge in [-0.1, -0.05) is 0 Å². The lowest BCUT2D eigenvalue weighted by atomic mass is 9.93. The molecule has 0 rings (SSSR count). The first kappa shape index (κ1) is 12.2. The molecule has 0 heterocycles. The van der Waals surface area contributed by atoms with E-state index in [1.807, 2.05) is 0 Å². The average Bonchev–Trinajstić information content (AvgIpc) is 2.20. The van der Waals surface area contributed by atoms with E-state index >= 15 is 0 Å². The lowest BCUT2D eigenvalue weighted by Crippen LogP contribution is -2.40. The Morgan fingerprint density at radius 2 is 1.77 bits per heavy atom. The Labute approximate surface area is 76.1 Å². The summed E-state index contributed by atoms with van der Waals surface area (Å²) in [5.74, 6) is 0. The monoisotopic (exact) mass is 193 g/mol. The van der Waals surface area contributed by atoms with Crippen LogP contribution < -0.4 is 5.32 Å². The molecular formula is C7H15NO5. The zero-order chi connectivity index (χ0) is 10.3. The van der Waals surface area contributed by atoms with E-state index in [1.54, 1.807) is 0 Å². The number of carbonyl (C=O) groups is 1. The Morgan fingerprint density at radius 3 is 2.08 bits per heavy atom. The first-order valence-electron chi connectivity index (χ1n) is 3.81. The zero-order valence-corrected chi connectivity index (χ0v) is 7.49. The van der Waals surface area contributed by atoms with Crippen molar-refractivity contribution in [3.05, 3.63) is 0 Å². The van der Waals surface area contributed by atoms with Crippen LogP contribution in [0.1, 0.15) is 0 Å². The Balaban J connectivity index is 4.02. The van der Waals surface area contributed by atoms with Gasteiger partial charge in [0, 0.05) is 7.05 Å². The molecule has 78 valence electrons. The Bertz CT molecular complexity index is 149. The van der Waals surface area contributed by atoms with Crippen LogP contribution in [0.2, 0.25) is 0 Å². The quantitative estimate of drug-likeness (QED) is 0.417. The van der Waals surface area contributed by atoms with E-state index in [0.29, 0.717) is 0 Å². The summed E-state index contributed by atoms with van der Waals surface area (Å²) >= 11 is 0. The molecule has 0 aromatic rings. The van der Waals surface area contributed by atoms with Crippen LogP contribution >= 0.6 is 0 Å². The number of rotatable bonds is 5. The van der Waals surface area contributed by atoms with Gasteiger partial charge in [0.25, 0.3) is 0 Å². The van der Waals surface area contributed by atoms with Crippen molar-refractivity contribution < 1.29 is 24.9 Å². The summed E-state index contributed by atoms with van der Waals surface area (Å²) in [4.78, 5) is 10.6. The summed E-state index contributed by atoms with van der Waals surface area (Å²) < 4.78 is 4.60. The second-order valence-electron chi connectivity index (χ2n) is 2.80. The van der Waals surface area contributed by atoms with Crippen LogP contribution in [0.15, 0.2) is 0 Å². The summed E-state index contributed by atoms with van der Waals surface area (Å²) in [5, 5.41) is 28.7. The molecule has 0 aliphatic heterocycles. The van der Waals surface area contributed by atoms with Gasteiger partial charge >= 0.3 is 6.09 Å². The predicted molar refractivity (Wildman–Crippen MR) is 44.1 cm³/mol. The number of nitrogens with one attached hydrogen (secondary N) is 1. The highest BCUT2D eigenvalue weighted by Crippen LogP contribution is 2.14. The third kappa shape index (κ3) is 3.58. The number of alkyl carbamates (subject to hydrolysis) is 1.